The Morgan fingerprint density at radius 3 is 2.45 bits per heavy atom. The summed E-state index contributed by atoms with van der Waals surface area (Å²) >= 11 is 0. The van der Waals surface area contributed by atoms with Crippen LogP contribution >= 0.6 is 0 Å². The molecule has 0 atom stereocenters. The number of rotatable bonds is 4. The third kappa shape index (κ3) is 4.30. The molecular weight excluding hydrogens is 542 g/mol. The number of allylic oxidation sites excluding steroid dienone is 3. The molecule has 0 aliphatic heterocycles. The first-order chi connectivity index (χ1) is 20.2. The smallest absolute Gasteiger partial charge is 0.343 e. The molecule has 0 saturated carbocycles. The van der Waals surface area contributed by atoms with Gasteiger partial charge in [-0.2, -0.15) is 20.3 Å². The Morgan fingerprint density at radius 2 is 1.74 bits per heavy atom. The van der Waals surface area contributed by atoms with E-state index in [1.807, 2.05) is 36.4 Å². The van der Waals surface area contributed by atoms with Crippen LogP contribution in [0, 0.1) is 29.9 Å². The van der Waals surface area contributed by atoms with Crippen LogP contribution in [0.5, 0.6) is 0 Å². The summed E-state index contributed by atoms with van der Waals surface area (Å²) in [6.45, 7) is 3.27. The van der Waals surface area contributed by atoms with E-state index in [4.69, 9.17) is 4.74 Å². The van der Waals surface area contributed by atoms with Crippen molar-refractivity contribution < 1.29 is 23.1 Å². The molecule has 0 bridgehead atoms. The van der Waals surface area contributed by atoms with Gasteiger partial charge in [-0.25, -0.2) is 18.6 Å². The standard InChI is InChI=1S/C31H20F2N6O3/c1-15(12-34)24-19-10-22(32)23(33)11-20(19)30(40)21(24)9-18-13-35-26-16(2)27-29(38-39(3)37-27)25(28(26)36-18)31(41)42-14-17-7-5-4-6-8-17/h4-11,13H,14H2,1-3H3/b21-9-,24-15?. The molecule has 3 aromatic carbocycles. The van der Waals surface area contributed by atoms with E-state index in [9.17, 15) is 23.6 Å². The Morgan fingerprint density at radius 1 is 1.05 bits per heavy atom. The van der Waals surface area contributed by atoms with E-state index in [0.717, 1.165) is 17.7 Å². The molecular formula is C31H20F2N6O3. The zero-order valence-electron chi connectivity index (χ0n) is 22.6. The molecule has 42 heavy (non-hydrogen) atoms. The summed E-state index contributed by atoms with van der Waals surface area (Å²) in [5.74, 6) is -3.60. The lowest BCUT2D eigenvalue weighted by molar-refractivity contribution is 0.0476. The monoisotopic (exact) mass is 562 g/mol. The van der Waals surface area contributed by atoms with Crippen LogP contribution in [-0.2, 0) is 18.4 Å². The number of hydrogen-bond donors (Lipinski definition) is 0. The Balaban J connectivity index is 1.53. The molecule has 6 rings (SSSR count). The number of carbonyl (C=O) groups excluding carboxylic acids is 2. The largest absolute Gasteiger partial charge is 0.457 e. The molecule has 206 valence electrons. The van der Waals surface area contributed by atoms with E-state index < -0.39 is 23.4 Å². The van der Waals surface area contributed by atoms with Gasteiger partial charge in [0.15, 0.2) is 17.4 Å². The lowest BCUT2D eigenvalue weighted by Gasteiger charge is -2.10. The Hall–Kier alpha value is -5.63. The van der Waals surface area contributed by atoms with Crippen molar-refractivity contribution >= 4 is 45.5 Å². The van der Waals surface area contributed by atoms with Gasteiger partial charge in [-0.1, -0.05) is 30.3 Å². The van der Waals surface area contributed by atoms with E-state index in [-0.39, 0.29) is 56.7 Å². The van der Waals surface area contributed by atoms with Crippen molar-refractivity contribution in [3.05, 3.63) is 105 Å². The van der Waals surface area contributed by atoms with E-state index in [1.54, 1.807) is 14.0 Å². The summed E-state index contributed by atoms with van der Waals surface area (Å²) in [5, 5.41) is 18.4. The molecule has 0 N–H and O–H groups in total. The third-order valence-corrected chi connectivity index (χ3v) is 7.03. The number of benzene rings is 3. The van der Waals surface area contributed by atoms with Crippen molar-refractivity contribution in [2.75, 3.05) is 0 Å². The molecule has 0 saturated heterocycles. The van der Waals surface area contributed by atoms with Crippen LogP contribution in [0.1, 0.15) is 50.0 Å². The van der Waals surface area contributed by atoms with Crippen molar-refractivity contribution in [1.29, 1.82) is 5.26 Å². The van der Waals surface area contributed by atoms with E-state index in [2.05, 4.69) is 20.2 Å². The maximum absolute atomic E-state index is 14.1. The second-order valence-corrected chi connectivity index (χ2v) is 9.75. The lowest BCUT2D eigenvalue weighted by Crippen LogP contribution is -2.09. The second-order valence-electron chi connectivity index (χ2n) is 9.75. The summed E-state index contributed by atoms with van der Waals surface area (Å²) in [6, 6.07) is 12.9. The van der Waals surface area contributed by atoms with Gasteiger partial charge in [0.25, 0.3) is 0 Å². The minimum absolute atomic E-state index is 0.00936. The normalized spacial score (nSPS) is 14.9. The van der Waals surface area contributed by atoms with Crippen LogP contribution in [0.15, 0.2) is 59.8 Å². The highest BCUT2D eigenvalue weighted by molar-refractivity contribution is 6.29. The van der Waals surface area contributed by atoms with Crippen molar-refractivity contribution in [2.45, 2.75) is 20.5 Å². The van der Waals surface area contributed by atoms with Crippen molar-refractivity contribution in [3.63, 3.8) is 0 Å². The van der Waals surface area contributed by atoms with Gasteiger partial charge in [0.1, 0.15) is 28.7 Å². The molecule has 5 aromatic rings. The summed E-state index contributed by atoms with van der Waals surface area (Å²) < 4.78 is 33.8. The summed E-state index contributed by atoms with van der Waals surface area (Å²) in [5.41, 5.74) is 3.30. The number of aromatic nitrogens is 5. The van der Waals surface area contributed by atoms with Gasteiger partial charge in [-0.3, -0.25) is 9.78 Å². The van der Waals surface area contributed by atoms with Gasteiger partial charge in [-0.05, 0) is 43.2 Å². The molecule has 9 nitrogen and oxygen atoms in total. The highest BCUT2D eigenvalue weighted by Gasteiger charge is 2.33. The molecule has 0 radical (unpaired) electrons. The zero-order valence-corrected chi connectivity index (χ0v) is 22.6. The topological polar surface area (TPSA) is 124 Å². The quantitative estimate of drug-likeness (QED) is 0.161. The Bertz CT molecular complexity index is 2090. The number of fused-ring (bicyclic) bond motifs is 3. The first-order valence-corrected chi connectivity index (χ1v) is 12.8. The van der Waals surface area contributed by atoms with Gasteiger partial charge in [0, 0.05) is 34.9 Å². The molecule has 2 heterocycles. The average molecular weight is 563 g/mol. The Labute approximate surface area is 237 Å². The number of Topliss-reactive ketones (excluding diaryl/α,β-unsaturated/α-hetero) is 1. The number of carbonyl (C=O) groups is 2. The average Bonchev–Trinajstić information content (AvgIpc) is 3.49. The molecule has 1 aliphatic carbocycles. The maximum Gasteiger partial charge on any atom is 0.343 e. The number of hydrogen-bond acceptors (Lipinski definition) is 8. The second kappa shape index (κ2) is 10.1. The van der Waals surface area contributed by atoms with Crippen molar-refractivity contribution in [2.24, 2.45) is 7.05 Å². The Kier molecular flexibility index (Phi) is 6.38. The van der Waals surface area contributed by atoms with Gasteiger partial charge < -0.3 is 4.74 Å². The minimum Gasteiger partial charge on any atom is -0.457 e. The summed E-state index contributed by atoms with van der Waals surface area (Å²) in [7, 11) is 1.63. The molecule has 11 heteroatoms. The van der Waals surface area contributed by atoms with Crippen molar-refractivity contribution in [3.8, 4) is 6.07 Å². The fourth-order valence-corrected chi connectivity index (χ4v) is 5.05. The van der Waals surface area contributed by atoms with Crippen molar-refractivity contribution in [1.82, 2.24) is 25.0 Å². The number of aryl methyl sites for hydroxylation is 2. The predicted octanol–water partition coefficient (Wildman–Crippen LogP) is 5.43. The lowest BCUT2D eigenvalue weighted by atomic mass is 9.99. The van der Waals surface area contributed by atoms with Crippen LogP contribution < -0.4 is 0 Å². The molecule has 0 fully saturated rings. The number of nitrogens with zero attached hydrogens (tertiary/aromatic N) is 6. The fourth-order valence-electron chi connectivity index (χ4n) is 5.05. The van der Waals surface area contributed by atoms with Crippen LogP contribution in [0.4, 0.5) is 8.78 Å². The number of halogens is 2. The molecule has 2 aromatic heterocycles. The van der Waals surface area contributed by atoms with Crippen LogP contribution in [0.25, 0.3) is 33.7 Å². The summed E-state index contributed by atoms with van der Waals surface area (Å²) in [4.78, 5) is 37.4. The van der Waals surface area contributed by atoms with Gasteiger partial charge in [0.2, 0.25) is 0 Å². The SMILES string of the molecule is CC(C#N)=C1/C(=C/c2cnc3c(C)c4nn(C)nc4c(C(=O)OCc4ccccc4)c3n2)C(=O)c2cc(F)c(F)cc21. The highest BCUT2D eigenvalue weighted by Crippen LogP contribution is 2.41. The number of ketones is 1. The minimum atomic E-state index is -1.18. The highest BCUT2D eigenvalue weighted by atomic mass is 19.2. The van der Waals surface area contributed by atoms with E-state index in [0.29, 0.717) is 16.6 Å². The molecule has 0 unspecified atom stereocenters. The van der Waals surface area contributed by atoms with Gasteiger partial charge in [-0.15, -0.1) is 0 Å². The predicted molar refractivity (Wildman–Crippen MR) is 149 cm³/mol. The first kappa shape index (κ1) is 26.6. The third-order valence-electron chi connectivity index (χ3n) is 7.03. The van der Waals surface area contributed by atoms with Gasteiger partial charge in [0.05, 0.1) is 23.5 Å². The molecule has 0 amide bonds. The van der Waals surface area contributed by atoms with Crippen LogP contribution in [0.2, 0.25) is 0 Å². The van der Waals surface area contributed by atoms with Crippen LogP contribution in [-0.4, -0.2) is 36.7 Å². The summed E-state index contributed by atoms with van der Waals surface area (Å²) in [6.07, 6.45) is 2.79. The molecule has 0 spiro atoms. The van der Waals surface area contributed by atoms with E-state index >= 15 is 0 Å². The fraction of sp³-hybridized carbons (Fsp3) is 0.129. The number of nitriles is 1. The number of ether oxygens (including phenoxy) is 1. The zero-order chi connectivity index (χ0) is 29.7. The molecule has 1 aliphatic rings. The van der Waals surface area contributed by atoms with Gasteiger partial charge >= 0.3 is 5.97 Å². The van der Waals surface area contributed by atoms with Crippen LogP contribution in [0.3, 0.4) is 0 Å². The first-order valence-electron chi connectivity index (χ1n) is 12.8. The maximum atomic E-state index is 14.1. The number of esters is 1. The van der Waals surface area contributed by atoms with E-state index in [1.165, 1.54) is 24.0 Å².